The van der Waals surface area contributed by atoms with Crippen molar-refractivity contribution in [3.8, 4) is 0 Å². The van der Waals surface area contributed by atoms with Gasteiger partial charge in [-0.05, 0) is 18.2 Å². The lowest BCUT2D eigenvalue weighted by molar-refractivity contribution is -0.388. The first kappa shape index (κ1) is 24.3. The van der Waals surface area contributed by atoms with E-state index in [1.165, 1.54) is 12.1 Å². The highest BCUT2D eigenvalue weighted by Crippen LogP contribution is 2.39. The Labute approximate surface area is 196 Å². The molecule has 12 nitrogen and oxygen atoms in total. The van der Waals surface area contributed by atoms with Gasteiger partial charge in [0.05, 0.1) is 21.1 Å². The number of nitro benzene ring substituents is 2. The van der Waals surface area contributed by atoms with Gasteiger partial charge in [0.15, 0.2) is 9.79 Å². The maximum absolute atomic E-state index is 13.5. The maximum Gasteiger partial charge on any atom is 0.289 e. The Hall–Kier alpha value is -3.33. The maximum atomic E-state index is 13.5. The van der Waals surface area contributed by atoms with Crippen LogP contribution in [-0.2, 0) is 20.0 Å². The third kappa shape index (κ3) is 4.45. The Balaban J connectivity index is 2.43. The van der Waals surface area contributed by atoms with Gasteiger partial charge in [0.25, 0.3) is 31.4 Å². The third-order valence-electron chi connectivity index (χ3n) is 4.11. The summed E-state index contributed by atoms with van der Waals surface area (Å²) < 4.78 is 54.0. The molecule has 1 aromatic heterocycles. The van der Waals surface area contributed by atoms with Crippen molar-refractivity contribution < 1.29 is 26.7 Å². The van der Waals surface area contributed by atoms with Crippen molar-refractivity contribution in [2.45, 2.75) is 9.79 Å². The van der Waals surface area contributed by atoms with Crippen molar-refractivity contribution in [1.29, 1.82) is 0 Å². The molecule has 0 radical (unpaired) electrons. The summed E-state index contributed by atoms with van der Waals surface area (Å²) >= 11 is 11.8. The van der Waals surface area contributed by atoms with E-state index in [0.29, 0.717) is 6.20 Å². The van der Waals surface area contributed by atoms with E-state index in [0.717, 1.165) is 42.5 Å². The molecule has 0 bridgehead atoms. The van der Waals surface area contributed by atoms with E-state index in [9.17, 15) is 37.1 Å². The normalized spacial score (nSPS) is 11.7. The number of pyridine rings is 1. The van der Waals surface area contributed by atoms with Crippen LogP contribution in [0.5, 0.6) is 0 Å². The average molecular weight is 533 g/mol. The molecule has 0 aliphatic carbocycles. The smallest absolute Gasteiger partial charge is 0.258 e. The lowest BCUT2D eigenvalue weighted by Gasteiger charge is -2.24. The molecule has 0 saturated carbocycles. The van der Waals surface area contributed by atoms with E-state index in [1.54, 1.807) is 0 Å². The van der Waals surface area contributed by atoms with Crippen LogP contribution in [0.3, 0.4) is 0 Å². The lowest BCUT2D eigenvalue weighted by Crippen LogP contribution is -2.38. The van der Waals surface area contributed by atoms with Gasteiger partial charge in [-0.25, -0.2) is 4.98 Å². The zero-order chi connectivity index (χ0) is 24.6. The summed E-state index contributed by atoms with van der Waals surface area (Å²) in [6.45, 7) is 0. The fourth-order valence-electron chi connectivity index (χ4n) is 2.75. The topological polar surface area (TPSA) is 171 Å². The Bertz CT molecular complexity index is 1410. The van der Waals surface area contributed by atoms with E-state index in [2.05, 4.69) is 4.98 Å². The minimum absolute atomic E-state index is 0.213. The highest BCUT2D eigenvalue weighted by Gasteiger charge is 2.44. The van der Waals surface area contributed by atoms with Crippen LogP contribution < -0.4 is 3.71 Å². The molecule has 0 spiro atoms. The number of aromatic nitrogens is 1. The summed E-state index contributed by atoms with van der Waals surface area (Å²) in [7, 11) is -10.6. The molecule has 3 rings (SSSR count). The van der Waals surface area contributed by atoms with Crippen molar-refractivity contribution in [3.05, 3.63) is 91.2 Å². The molecule has 33 heavy (non-hydrogen) atoms. The molecule has 3 aromatic rings. The predicted octanol–water partition coefficient (Wildman–Crippen LogP) is 3.79. The van der Waals surface area contributed by atoms with Crippen molar-refractivity contribution >= 4 is 60.3 Å². The van der Waals surface area contributed by atoms with Gasteiger partial charge >= 0.3 is 0 Å². The van der Waals surface area contributed by atoms with Crippen LogP contribution in [-0.4, -0.2) is 31.7 Å². The van der Waals surface area contributed by atoms with E-state index >= 15 is 0 Å². The number of benzene rings is 2. The number of anilines is 1. The van der Waals surface area contributed by atoms with Gasteiger partial charge in [-0.2, -0.15) is 20.5 Å². The number of rotatable bonds is 7. The van der Waals surface area contributed by atoms with Gasteiger partial charge in [0, 0.05) is 12.1 Å². The van der Waals surface area contributed by atoms with Crippen LogP contribution in [0, 0.1) is 20.2 Å². The molecule has 172 valence electrons. The second-order valence-electron chi connectivity index (χ2n) is 6.12. The first-order chi connectivity index (χ1) is 15.4. The van der Waals surface area contributed by atoms with Crippen LogP contribution in [0.15, 0.2) is 70.6 Å². The number of nitro groups is 2. The fourth-order valence-corrected chi connectivity index (χ4v) is 7.30. The third-order valence-corrected chi connectivity index (χ3v) is 8.87. The molecule has 0 aliphatic rings. The quantitative estimate of drug-likeness (QED) is 0.249. The fraction of sp³-hybridized carbons (Fsp3) is 0. The predicted molar refractivity (Wildman–Crippen MR) is 117 cm³/mol. The van der Waals surface area contributed by atoms with Crippen LogP contribution in [0.4, 0.5) is 17.1 Å². The molecule has 0 amide bonds. The Morgan fingerprint density at radius 1 is 0.788 bits per heavy atom. The number of halogens is 2. The minimum Gasteiger partial charge on any atom is -0.258 e. The molecule has 2 aromatic carbocycles. The first-order valence-corrected chi connectivity index (χ1v) is 12.1. The summed E-state index contributed by atoms with van der Waals surface area (Å²) in [6.07, 6.45) is 0.712. The van der Waals surface area contributed by atoms with E-state index in [4.69, 9.17) is 23.2 Å². The second-order valence-corrected chi connectivity index (χ2v) is 10.7. The van der Waals surface area contributed by atoms with Crippen LogP contribution in [0.25, 0.3) is 0 Å². The Morgan fingerprint density at radius 3 is 1.61 bits per heavy atom. The molecule has 0 aliphatic heterocycles. The van der Waals surface area contributed by atoms with Gasteiger partial charge in [0.1, 0.15) is 10.8 Å². The lowest BCUT2D eigenvalue weighted by atomic mass is 10.3. The van der Waals surface area contributed by atoms with E-state index in [-0.39, 0.29) is 8.86 Å². The van der Waals surface area contributed by atoms with Gasteiger partial charge < -0.3 is 0 Å². The highest BCUT2D eigenvalue weighted by molar-refractivity contribution is 8.10. The standard InChI is InChI=1S/C17H10Cl2N4O8S2/c18-11-9-17(19)20-10-14(11)23(32(28,29)15-7-3-1-5-12(15)21(24)25)33(30,31)16-8-4-2-6-13(16)22(26)27/h1-10H. The molecular weight excluding hydrogens is 523 g/mol. The van der Waals surface area contributed by atoms with Crippen LogP contribution >= 0.6 is 23.2 Å². The SMILES string of the molecule is O=[N+]([O-])c1ccccc1S(=O)(=O)N(c1cnc(Cl)cc1Cl)S(=O)(=O)c1ccccc1[N+](=O)[O-]. The molecular formula is C17H10Cl2N4O8S2. The van der Waals surface area contributed by atoms with Gasteiger partial charge in [0.2, 0.25) is 0 Å². The number of sulfonamides is 2. The van der Waals surface area contributed by atoms with Crippen molar-refractivity contribution in [2.24, 2.45) is 0 Å². The molecule has 0 unspecified atom stereocenters. The number of hydrogen-bond donors (Lipinski definition) is 0. The average Bonchev–Trinajstić information content (AvgIpc) is 2.75. The first-order valence-electron chi connectivity index (χ1n) is 8.47. The number of hydrogen-bond acceptors (Lipinski definition) is 9. The Morgan fingerprint density at radius 2 is 1.21 bits per heavy atom. The van der Waals surface area contributed by atoms with Crippen LogP contribution in [0.2, 0.25) is 10.2 Å². The molecule has 0 fully saturated rings. The monoisotopic (exact) mass is 532 g/mol. The van der Waals surface area contributed by atoms with Gasteiger partial charge in [-0.3, -0.25) is 20.2 Å². The minimum atomic E-state index is -5.30. The zero-order valence-corrected chi connectivity index (χ0v) is 19.0. The van der Waals surface area contributed by atoms with Crippen molar-refractivity contribution in [3.63, 3.8) is 0 Å². The van der Waals surface area contributed by atoms with Crippen molar-refractivity contribution in [2.75, 3.05) is 3.71 Å². The molecule has 16 heteroatoms. The summed E-state index contributed by atoms with van der Waals surface area (Å²) in [6, 6.07) is 8.89. The Kier molecular flexibility index (Phi) is 6.56. The van der Waals surface area contributed by atoms with Crippen molar-refractivity contribution in [1.82, 2.24) is 4.98 Å². The van der Waals surface area contributed by atoms with Crippen LogP contribution in [0.1, 0.15) is 0 Å². The van der Waals surface area contributed by atoms with Gasteiger partial charge in [-0.1, -0.05) is 47.5 Å². The van der Waals surface area contributed by atoms with E-state index in [1.807, 2.05) is 0 Å². The van der Waals surface area contributed by atoms with Gasteiger partial charge in [-0.15, -0.1) is 0 Å². The number of nitrogens with zero attached hydrogens (tertiary/aromatic N) is 4. The molecule has 0 N–H and O–H groups in total. The van der Waals surface area contributed by atoms with E-state index < -0.39 is 61.8 Å². The summed E-state index contributed by atoms with van der Waals surface area (Å²) in [5.41, 5.74) is -2.62. The number of para-hydroxylation sites is 2. The largest absolute Gasteiger partial charge is 0.289 e. The summed E-state index contributed by atoms with van der Waals surface area (Å²) in [5.74, 6) is 0. The highest BCUT2D eigenvalue weighted by atomic mass is 35.5. The second kappa shape index (κ2) is 8.90. The summed E-state index contributed by atoms with van der Waals surface area (Å²) in [4.78, 5) is 22.5. The summed E-state index contributed by atoms with van der Waals surface area (Å²) in [5, 5.41) is 22.1. The molecule has 1 heterocycles. The zero-order valence-electron chi connectivity index (χ0n) is 15.9. The molecule has 0 atom stereocenters. The molecule has 0 saturated heterocycles.